The quantitative estimate of drug-likeness (QED) is 0.833. The van der Waals surface area contributed by atoms with E-state index in [1.165, 1.54) is 0 Å². The Kier molecular flexibility index (Phi) is 5.47. The summed E-state index contributed by atoms with van der Waals surface area (Å²) in [5.41, 5.74) is 2.29. The van der Waals surface area contributed by atoms with E-state index in [0.29, 0.717) is 42.3 Å². The van der Waals surface area contributed by atoms with Crippen molar-refractivity contribution in [1.82, 2.24) is 9.80 Å². The maximum atomic E-state index is 12.7. The Hall–Kier alpha value is -2.53. The fourth-order valence-electron chi connectivity index (χ4n) is 2.99. The summed E-state index contributed by atoms with van der Waals surface area (Å²) < 4.78 is 0. The highest BCUT2D eigenvalue weighted by molar-refractivity contribution is 6.30. The van der Waals surface area contributed by atoms with Gasteiger partial charge in [0.2, 0.25) is 0 Å². The third-order valence-electron chi connectivity index (χ3n) is 4.55. The first-order valence-corrected chi connectivity index (χ1v) is 8.95. The van der Waals surface area contributed by atoms with Crippen LogP contribution >= 0.6 is 11.6 Å². The Morgan fingerprint density at radius 2 is 1.38 bits per heavy atom. The van der Waals surface area contributed by atoms with Crippen LogP contribution in [0.25, 0.3) is 0 Å². The number of carbonyl (C=O) groups is 2. The molecule has 1 aliphatic heterocycles. The molecule has 1 saturated heterocycles. The van der Waals surface area contributed by atoms with Crippen molar-refractivity contribution in [3.05, 3.63) is 64.7 Å². The molecule has 0 radical (unpaired) electrons. The van der Waals surface area contributed by atoms with E-state index in [1.807, 2.05) is 43.3 Å². The Morgan fingerprint density at radius 3 is 1.92 bits per heavy atom. The standard InChI is InChI=1S/C20H22ClN3O2/c1-22(2)18-5-3-4-16(14-18)20(26)24-12-10-23(11-13-24)19(25)15-6-8-17(21)9-7-15/h3-9,14H,10-13H2,1-2H3. The van der Waals surface area contributed by atoms with Gasteiger partial charge in [0, 0.05) is 62.1 Å². The number of carbonyl (C=O) groups excluding carboxylic acids is 2. The molecule has 2 aromatic carbocycles. The van der Waals surface area contributed by atoms with Crippen LogP contribution in [0.1, 0.15) is 20.7 Å². The second-order valence-corrected chi connectivity index (χ2v) is 6.97. The number of halogens is 1. The summed E-state index contributed by atoms with van der Waals surface area (Å²) in [5, 5.41) is 0.608. The highest BCUT2D eigenvalue weighted by Crippen LogP contribution is 2.17. The van der Waals surface area contributed by atoms with Gasteiger partial charge in [-0.05, 0) is 42.5 Å². The van der Waals surface area contributed by atoms with Crippen molar-refractivity contribution in [3.63, 3.8) is 0 Å². The maximum absolute atomic E-state index is 12.7. The van der Waals surface area contributed by atoms with Gasteiger partial charge < -0.3 is 14.7 Å². The van der Waals surface area contributed by atoms with Crippen molar-refractivity contribution in [2.75, 3.05) is 45.2 Å². The lowest BCUT2D eigenvalue weighted by Crippen LogP contribution is -2.50. The van der Waals surface area contributed by atoms with Gasteiger partial charge in [0.25, 0.3) is 11.8 Å². The number of hydrogen-bond donors (Lipinski definition) is 0. The Labute approximate surface area is 158 Å². The number of piperazine rings is 1. The van der Waals surface area contributed by atoms with Gasteiger partial charge in [-0.3, -0.25) is 9.59 Å². The Morgan fingerprint density at radius 1 is 0.846 bits per heavy atom. The number of anilines is 1. The molecular weight excluding hydrogens is 350 g/mol. The van der Waals surface area contributed by atoms with E-state index in [9.17, 15) is 9.59 Å². The molecule has 0 atom stereocenters. The molecule has 0 aromatic heterocycles. The Bertz CT molecular complexity index is 797. The van der Waals surface area contributed by atoms with Crippen LogP contribution in [-0.4, -0.2) is 61.9 Å². The predicted molar refractivity (Wildman–Crippen MR) is 104 cm³/mol. The molecule has 1 fully saturated rings. The second kappa shape index (κ2) is 7.79. The first-order chi connectivity index (χ1) is 12.5. The zero-order valence-corrected chi connectivity index (χ0v) is 15.7. The zero-order valence-electron chi connectivity index (χ0n) is 15.0. The lowest BCUT2D eigenvalue weighted by Gasteiger charge is -2.35. The molecule has 2 aromatic rings. The summed E-state index contributed by atoms with van der Waals surface area (Å²) in [7, 11) is 3.90. The minimum Gasteiger partial charge on any atom is -0.378 e. The normalized spacial score (nSPS) is 14.3. The van der Waals surface area contributed by atoms with Gasteiger partial charge in [-0.15, -0.1) is 0 Å². The van der Waals surface area contributed by atoms with E-state index in [-0.39, 0.29) is 11.8 Å². The molecular formula is C20H22ClN3O2. The average Bonchev–Trinajstić information content (AvgIpc) is 2.67. The molecule has 1 aliphatic rings. The van der Waals surface area contributed by atoms with Crippen LogP contribution in [0, 0.1) is 0 Å². The number of rotatable bonds is 3. The maximum Gasteiger partial charge on any atom is 0.254 e. The molecule has 0 aliphatic carbocycles. The van der Waals surface area contributed by atoms with E-state index in [2.05, 4.69) is 0 Å². The van der Waals surface area contributed by atoms with E-state index < -0.39 is 0 Å². The van der Waals surface area contributed by atoms with Crippen LogP contribution in [0.15, 0.2) is 48.5 Å². The van der Waals surface area contributed by atoms with Gasteiger partial charge in [-0.1, -0.05) is 17.7 Å². The molecule has 0 unspecified atom stereocenters. The van der Waals surface area contributed by atoms with Gasteiger partial charge in [0.15, 0.2) is 0 Å². The zero-order chi connectivity index (χ0) is 18.7. The molecule has 6 heteroatoms. The summed E-state index contributed by atoms with van der Waals surface area (Å²) in [4.78, 5) is 30.9. The molecule has 5 nitrogen and oxygen atoms in total. The van der Waals surface area contributed by atoms with Crippen molar-refractivity contribution < 1.29 is 9.59 Å². The summed E-state index contributed by atoms with van der Waals surface area (Å²) in [6.45, 7) is 2.12. The summed E-state index contributed by atoms with van der Waals surface area (Å²) in [6, 6.07) is 14.5. The fraction of sp³-hybridized carbons (Fsp3) is 0.300. The fourth-order valence-corrected chi connectivity index (χ4v) is 3.11. The van der Waals surface area contributed by atoms with E-state index >= 15 is 0 Å². The van der Waals surface area contributed by atoms with Crippen molar-refractivity contribution in [3.8, 4) is 0 Å². The third-order valence-corrected chi connectivity index (χ3v) is 4.81. The summed E-state index contributed by atoms with van der Waals surface area (Å²) >= 11 is 5.87. The van der Waals surface area contributed by atoms with Gasteiger partial charge in [0.05, 0.1) is 0 Å². The minimum atomic E-state index is -0.0247. The van der Waals surface area contributed by atoms with Crippen LogP contribution in [0.4, 0.5) is 5.69 Å². The van der Waals surface area contributed by atoms with Crippen molar-refractivity contribution in [2.45, 2.75) is 0 Å². The lowest BCUT2D eigenvalue weighted by molar-refractivity contribution is 0.0535. The van der Waals surface area contributed by atoms with Crippen LogP contribution < -0.4 is 4.90 Å². The molecule has 0 N–H and O–H groups in total. The molecule has 0 saturated carbocycles. The number of hydrogen-bond acceptors (Lipinski definition) is 3. The van der Waals surface area contributed by atoms with Crippen molar-refractivity contribution in [1.29, 1.82) is 0 Å². The van der Waals surface area contributed by atoms with Gasteiger partial charge in [-0.2, -0.15) is 0 Å². The highest BCUT2D eigenvalue weighted by Gasteiger charge is 2.25. The topological polar surface area (TPSA) is 43.9 Å². The molecule has 2 amide bonds. The molecule has 0 spiro atoms. The second-order valence-electron chi connectivity index (χ2n) is 6.54. The Balaban J connectivity index is 1.63. The van der Waals surface area contributed by atoms with Gasteiger partial charge in [-0.25, -0.2) is 0 Å². The van der Waals surface area contributed by atoms with Crippen LogP contribution in [0.5, 0.6) is 0 Å². The predicted octanol–water partition coefficient (Wildman–Crippen LogP) is 3.00. The molecule has 3 rings (SSSR count). The molecule has 0 bridgehead atoms. The minimum absolute atomic E-state index is 0.00675. The molecule has 136 valence electrons. The van der Waals surface area contributed by atoms with Crippen LogP contribution in [0.2, 0.25) is 5.02 Å². The van der Waals surface area contributed by atoms with Crippen molar-refractivity contribution >= 4 is 29.1 Å². The van der Waals surface area contributed by atoms with E-state index in [0.717, 1.165) is 5.69 Å². The SMILES string of the molecule is CN(C)c1cccc(C(=O)N2CCN(C(=O)c3ccc(Cl)cc3)CC2)c1. The molecule has 26 heavy (non-hydrogen) atoms. The molecule has 1 heterocycles. The third kappa shape index (κ3) is 3.99. The highest BCUT2D eigenvalue weighted by atomic mass is 35.5. The number of amides is 2. The first kappa shape index (κ1) is 18.3. The van der Waals surface area contributed by atoms with Crippen molar-refractivity contribution in [2.24, 2.45) is 0 Å². The first-order valence-electron chi connectivity index (χ1n) is 8.57. The average molecular weight is 372 g/mol. The smallest absolute Gasteiger partial charge is 0.254 e. The van der Waals surface area contributed by atoms with Gasteiger partial charge >= 0.3 is 0 Å². The monoisotopic (exact) mass is 371 g/mol. The summed E-state index contributed by atoms with van der Waals surface area (Å²) in [6.07, 6.45) is 0. The number of nitrogens with zero attached hydrogens (tertiary/aromatic N) is 3. The van der Waals surface area contributed by atoms with E-state index in [1.54, 1.807) is 34.1 Å². The largest absolute Gasteiger partial charge is 0.378 e. The summed E-state index contributed by atoms with van der Waals surface area (Å²) in [5.74, 6) is -0.0179. The van der Waals surface area contributed by atoms with E-state index in [4.69, 9.17) is 11.6 Å². The van der Waals surface area contributed by atoms with Gasteiger partial charge in [0.1, 0.15) is 0 Å². The number of benzene rings is 2. The van der Waals surface area contributed by atoms with Crippen LogP contribution in [-0.2, 0) is 0 Å². The van der Waals surface area contributed by atoms with Crippen LogP contribution in [0.3, 0.4) is 0 Å². The lowest BCUT2D eigenvalue weighted by atomic mass is 10.1.